The molecule has 2 fully saturated rings. The Kier molecular flexibility index (Phi) is 9.24. The summed E-state index contributed by atoms with van der Waals surface area (Å²) in [6.07, 6.45) is 3.51. The lowest BCUT2D eigenvalue weighted by atomic mass is 9.98. The van der Waals surface area contributed by atoms with E-state index in [4.69, 9.17) is 15.2 Å². The predicted octanol–water partition coefficient (Wildman–Crippen LogP) is 4.37. The summed E-state index contributed by atoms with van der Waals surface area (Å²) in [5, 5.41) is 9.24. The Morgan fingerprint density at radius 2 is 1.63 bits per heavy atom. The number of hydrogen-bond acceptors (Lipinski definition) is 6. The number of benzene rings is 2. The molecule has 1 unspecified atom stereocenters. The highest BCUT2D eigenvalue weighted by Crippen LogP contribution is 2.25. The van der Waals surface area contributed by atoms with Gasteiger partial charge in [-0.05, 0) is 80.7 Å². The lowest BCUT2D eigenvalue weighted by Gasteiger charge is -2.31. The Hall–Kier alpha value is -3.57. The molecule has 0 spiro atoms. The van der Waals surface area contributed by atoms with Crippen molar-refractivity contribution in [2.75, 3.05) is 26.2 Å². The number of nitrogens with zero attached hydrogens (tertiary/aromatic N) is 3. The Labute approximate surface area is 225 Å². The SMILES string of the molecule is CC(C)OC(=O)N1CCC(COc2ccc(-c3ccc(CC(N)C(=O)N4CCC[C@H]4C#N)cc3)cc2)CC1. The van der Waals surface area contributed by atoms with Crippen LogP contribution in [0, 0.1) is 17.2 Å². The van der Waals surface area contributed by atoms with Crippen molar-refractivity contribution in [2.24, 2.45) is 11.7 Å². The molecule has 0 bridgehead atoms. The van der Waals surface area contributed by atoms with E-state index in [1.54, 1.807) is 9.80 Å². The van der Waals surface area contributed by atoms with Crippen LogP contribution in [0.1, 0.15) is 45.1 Å². The van der Waals surface area contributed by atoms with Crippen molar-refractivity contribution < 1.29 is 19.1 Å². The normalized spacial score (nSPS) is 18.8. The lowest BCUT2D eigenvalue weighted by Crippen LogP contribution is -2.46. The van der Waals surface area contributed by atoms with Crippen LogP contribution in [0.3, 0.4) is 0 Å². The van der Waals surface area contributed by atoms with Crippen molar-refractivity contribution >= 4 is 12.0 Å². The fraction of sp³-hybridized carbons (Fsp3) is 0.500. The summed E-state index contributed by atoms with van der Waals surface area (Å²) < 4.78 is 11.3. The van der Waals surface area contributed by atoms with Gasteiger partial charge in [0, 0.05) is 19.6 Å². The highest BCUT2D eigenvalue weighted by atomic mass is 16.6. The first-order chi connectivity index (χ1) is 18.3. The summed E-state index contributed by atoms with van der Waals surface area (Å²) in [6.45, 7) is 6.37. The first kappa shape index (κ1) is 27.5. The summed E-state index contributed by atoms with van der Waals surface area (Å²) in [5.41, 5.74) is 9.34. The zero-order valence-corrected chi connectivity index (χ0v) is 22.3. The van der Waals surface area contributed by atoms with Gasteiger partial charge in [0.15, 0.2) is 0 Å². The summed E-state index contributed by atoms with van der Waals surface area (Å²) >= 11 is 0. The number of ether oxygens (including phenoxy) is 2. The number of likely N-dealkylation sites (tertiary alicyclic amines) is 2. The molecule has 0 aromatic heterocycles. The zero-order valence-electron chi connectivity index (χ0n) is 22.3. The van der Waals surface area contributed by atoms with Gasteiger partial charge in [0.25, 0.3) is 0 Å². The van der Waals surface area contributed by atoms with Gasteiger partial charge in [0.2, 0.25) is 5.91 Å². The quantitative estimate of drug-likeness (QED) is 0.556. The molecule has 2 aliphatic rings. The smallest absolute Gasteiger partial charge is 0.410 e. The van der Waals surface area contributed by atoms with Crippen LogP contribution in [-0.2, 0) is 16.0 Å². The van der Waals surface area contributed by atoms with Crippen molar-refractivity contribution in [3.05, 3.63) is 54.1 Å². The highest BCUT2D eigenvalue weighted by molar-refractivity contribution is 5.83. The highest BCUT2D eigenvalue weighted by Gasteiger charge is 2.31. The maximum atomic E-state index is 12.7. The van der Waals surface area contributed by atoms with Gasteiger partial charge in [0.1, 0.15) is 11.8 Å². The van der Waals surface area contributed by atoms with Gasteiger partial charge in [-0.1, -0.05) is 36.4 Å². The van der Waals surface area contributed by atoms with Gasteiger partial charge in [-0.2, -0.15) is 5.26 Å². The molecule has 2 atom stereocenters. The van der Waals surface area contributed by atoms with Crippen LogP contribution in [-0.4, -0.2) is 66.2 Å². The van der Waals surface area contributed by atoms with E-state index in [1.807, 2.05) is 62.4 Å². The van der Waals surface area contributed by atoms with Crippen molar-refractivity contribution in [2.45, 2.75) is 64.1 Å². The van der Waals surface area contributed by atoms with Gasteiger partial charge >= 0.3 is 6.09 Å². The number of carbonyl (C=O) groups is 2. The van der Waals surface area contributed by atoms with Gasteiger partial charge in [-0.3, -0.25) is 4.79 Å². The van der Waals surface area contributed by atoms with E-state index >= 15 is 0 Å². The van der Waals surface area contributed by atoms with Crippen molar-refractivity contribution in [3.8, 4) is 22.9 Å². The zero-order chi connectivity index (χ0) is 27.1. The van der Waals surface area contributed by atoms with Crippen LogP contribution in [0.4, 0.5) is 4.79 Å². The predicted molar refractivity (Wildman–Crippen MR) is 145 cm³/mol. The molecule has 202 valence electrons. The van der Waals surface area contributed by atoms with Gasteiger partial charge < -0.3 is 25.0 Å². The second-order valence-corrected chi connectivity index (χ2v) is 10.5. The molecular weight excluding hydrogens is 480 g/mol. The van der Waals surface area contributed by atoms with Crippen LogP contribution in [0.2, 0.25) is 0 Å². The number of nitrogens with two attached hydrogens (primary N) is 1. The Morgan fingerprint density at radius 1 is 1.00 bits per heavy atom. The van der Waals surface area contributed by atoms with Gasteiger partial charge in [-0.15, -0.1) is 0 Å². The van der Waals surface area contributed by atoms with E-state index in [2.05, 4.69) is 6.07 Å². The molecule has 0 saturated carbocycles. The van der Waals surface area contributed by atoms with E-state index in [1.165, 1.54) is 0 Å². The third-order valence-corrected chi connectivity index (χ3v) is 7.29. The van der Waals surface area contributed by atoms with E-state index in [-0.39, 0.29) is 24.1 Å². The molecule has 2 aromatic carbocycles. The van der Waals surface area contributed by atoms with E-state index in [0.29, 0.717) is 38.6 Å². The third-order valence-electron chi connectivity index (χ3n) is 7.29. The average molecular weight is 519 g/mol. The Morgan fingerprint density at radius 3 is 2.24 bits per heavy atom. The molecule has 2 saturated heterocycles. The molecule has 38 heavy (non-hydrogen) atoms. The van der Waals surface area contributed by atoms with Crippen LogP contribution < -0.4 is 10.5 Å². The minimum atomic E-state index is -0.646. The average Bonchev–Trinajstić information content (AvgIpc) is 3.41. The van der Waals surface area contributed by atoms with Crippen LogP contribution in [0.5, 0.6) is 5.75 Å². The van der Waals surface area contributed by atoms with Gasteiger partial charge in [-0.25, -0.2) is 4.79 Å². The minimum Gasteiger partial charge on any atom is -0.493 e. The molecule has 2 N–H and O–H groups in total. The number of carbonyl (C=O) groups excluding carboxylic acids is 2. The summed E-state index contributed by atoms with van der Waals surface area (Å²) in [5.74, 6) is 1.10. The molecule has 2 aromatic rings. The molecule has 8 heteroatoms. The molecule has 2 heterocycles. The Balaban J connectivity index is 1.23. The van der Waals surface area contributed by atoms with E-state index in [9.17, 15) is 14.9 Å². The molecule has 0 radical (unpaired) electrons. The van der Waals surface area contributed by atoms with Gasteiger partial charge in [0.05, 0.1) is 24.8 Å². The number of piperidine rings is 1. The largest absolute Gasteiger partial charge is 0.493 e. The standard InChI is InChI=1S/C30H38N4O4/c1-21(2)38-30(36)33-16-13-23(14-17-33)20-37-27-11-9-25(10-12-27)24-7-5-22(6-8-24)18-28(32)29(35)34-15-3-4-26(34)19-31/h5-12,21,23,26,28H,3-4,13-18,20,32H2,1-2H3/t26-,28?/m0/s1. The molecule has 0 aliphatic carbocycles. The first-order valence-corrected chi connectivity index (χ1v) is 13.6. The fourth-order valence-corrected chi connectivity index (χ4v) is 5.07. The van der Waals surface area contributed by atoms with Crippen LogP contribution in [0.15, 0.2) is 48.5 Å². The molecule has 8 nitrogen and oxygen atoms in total. The lowest BCUT2D eigenvalue weighted by molar-refractivity contribution is -0.132. The monoisotopic (exact) mass is 518 g/mol. The summed E-state index contributed by atoms with van der Waals surface area (Å²) in [4.78, 5) is 28.1. The first-order valence-electron chi connectivity index (χ1n) is 13.6. The van der Waals surface area contributed by atoms with Crippen molar-refractivity contribution in [3.63, 3.8) is 0 Å². The minimum absolute atomic E-state index is 0.0997. The summed E-state index contributed by atoms with van der Waals surface area (Å²) in [6, 6.07) is 17.3. The number of hydrogen-bond donors (Lipinski definition) is 1. The van der Waals surface area contributed by atoms with E-state index < -0.39 is 6.04 Å². The number of rotatable bonds is 8. The van der Waals surface area contributed by atoms with Crippen molar-refractivity contribution in [1.82, 2.24) is 9.80 Å². The Bertz CT molecular complexity index is 1120. The molecular formula is C30H38N4O4. The topological polar surface area (TPSA) is 109 Å². The van der Waals surface area contributed by atoms with E-state index in [0.717, 1.165) is 48.1 Å². The number of nitriles is 1. The fourth-order valence-electron chi connectivity index (χ4n) is 5.07. The maximum absolute atomic E-state index is 12.7. The second-order valence-electron chi connectivity index (χ2n) is 10.5. The second kappa shape index (κ2) is 12.8. The summed E-state index contributed by atoms with van der Waals surface area (Å²) in [7, 11) is 0. The molecule has 4 rings (SSSR count). The van der Waals surface area contributed by atoms with Crippen LogP contribution in [0.25, 0.3) is 11.1 Å². The van der Waals surface area contributed by atoms with Crippen molar-refractivity contribution in [1.29, 1.82) is 5.26 Å². The third kappa shape index (κ3) is 7.05. The molecule has 2 aliphatic heterocycles. The maximum Gasteiger partial charge on any atom is 0.410 e. The number of amides is 2. The van der Waals surface area contributed by atoms with Crippen LogP contribution >= 0.6 is 0 Å². The molecule has 2 amide bonds.